The molecule has 0 spiro atoms. The number of hydrogen-bond acceptors (Lipinski definition) is 4. The number of nitrogens with one attached hydrogen (secondary N) is 3. The molecule has 1 aromatic rings. The van der Waals surface area contributed by atoms with Crippen molar-refractivity contribution in [3.8, 4) is 0 Å². The van der Waals surface area contributed by atoms with Crippen LogP contribution in [0.2, 0.25) is 0 Å². The van der Waals surface area contributed by atoms with Crippen molar-refractivity contribution in [2.24, 2.45) is 5.41 Å². The number of aromatic nitrogens is 1. The number of carboxylic acid groups (broad SMARTS) is 1. The van der Waals surface area contributed by atoms with Gasteiger partial charge in [-0.2, -0.15) is 0 Å². The first-order valence-corrected chi connectivity index (χ1v) is 6.52. The zero-order valence-corrected chi connectivity index (χ0v) is 11.8. The molecule has 7 nitrogen and oxygen atoms in total. The smallest absolute Gasteiger partial charge is 0.326 e. The minimum Gasteiger partial charge on any atom is -0.480 e. The molecule has 8 heteroatoms. The number of H-pyrrole nitrogens is 1. The van der Waals surface area contributed by atoms with Crippen molar-refractivity contribution in [2.75, 3.05) is 0 Å². The highest BCUT2D eigenvalue weighted by Gasteiger charge is 2.32. The summed E-state index contributed by atoms with van der Waals surface area (Å²) in [6.07, 6.45) is 0. The van der Waals surface area contributed by atoms with Crippen molar-refractivity contribution in [1.82, 2.24) is 15.6 Å². The number of rotatable bonds is 4. The van der Waals surface area contributed by atoms with Crippen molar-refractivity contribution in [1.29, 1.82) is 0 Å². The van der Waals surface area contributed by atoms with Crippen LogP contribution in [0.3, 0.4) is 0 Å². The lowest BCUT2D eigenvalue weighted by atomic mass is 9.87. The van der Waals surface area contributed by atoms with E-state index >= 15 is 0 Å². The van der Waals surface area contributed by atoms with Gasteiger partial charge < -0.3 is 20.7 Å². The topological polar surface area (TPSA) is 111 Å². The summed E-state index contributed by atoms with van der Waals surface area (Å²) < 4.78 is 0. The maximum Gasteiger partial charge on any atom is 0.326 e. The Balaban J connectivity index is 2.54. The Labute approximate surface area is 114 Å². The molecule has 1 rings (SSSR count). The van der Waals surface area contributed by atoms with E-state index in [2.05, 4.69) is 15.6 Å². The average molecular weight is 287 g/mol. The second-order valence-corrected chi connectivity index (χ2v) is 5.98. The molecule has 0 saturated heterocycles. The fourth-order valence-electron chi connectivity index (χ4n) is 1.41. The van der Waals surface area contributed by atoms with Gasteiger partial charge in [-0.3, -0.25) is 4.79 Å². The lowest BCUT2D eigenvalue weighted by Crippen LogP contribution is -2.52. The van der Waals surface area contributed by atoms with Gasteiger partial charge in [0.15, 0.2) is 0 Å². The van der Waals surface area contributed by atoms with Crippen LogP contribution in [-0.4, -0.2) is 28.1 Å². The Morgan fingerprint density at radius 3 is 2.53 bits per heavy atom. The standard InChI is InChI=1S/C11H17N3O4S/c1-11(2,3)7(8(15)16)14-9(17)12-4-6-5-19-10(18)13-6/h5,7H,4H2,1-3H3,(H,13,18)(H,15,16)(H2,12,14,17)/t7-/m1/s1. The van der Waals surface area contributed by atoms with Crippen LogP contribution >= 0.6 is 11.3 Å². The molecule has 1 aromatic heterocycles. The summed E-state index contributed by atoms with van der Waals surface area (Å²) >= 11 is 1.00. The van der Waals surface area contributed by atoms with Gasteiger partial charge in [0.25, 0.3) is 0 Å². The van der Waals surface area contributed by atoms with E-state index in [0.717, 1.165) is 11.3 Å². The van der Waals surface area contributed by atoms with Gasteiger partial charge in [-0.1, -0.05) is 32.1 Å². The fraction of sp³-hybridized carbons (Fsp3) is 0.545. The van der Waals surface area contributed by atoms with Gasteiger partial charge in [-0.05, 0) is 5.41 Å². The highest BCUT2D eigenvalue weighted by molar-refractivity contribution is 7.07. The third-order valence-corrected chi connectivity index (χ3v) is 3.12. The van der Waals surface area contributed by atoms with E-state index < -0.39 is 23.5 Å². The summed E-state index contributed by atoms with van der Waals surface area (Å²) in [6.45, 7) is 5.31. The predicted molar refractivity (Wildman–Crippen MR) is 71.2 cm³/mol. The van der Waals surface area contributed by atoms with Gasteiger partial charge in [0.2, 0.25) is 0 Å². The molecule has 1 atom stereocenters. The van der Waals surface area contributed by atoms with Gasteiger partial charge in [0.1, 0.15) is 6.04 Å². The number of amides is 2. The quantitative estimate of drug-likeness (QED) is 0.654. The maximum atomic E-state index is 11.6. The molecule has 0 bridgehead atoms. The SMILES string of the molecule is CC(C)(C)[C@H](NC(=O)NCc1csc(=O)[nH]1)C(=O)O. The van der Waals surface area contributed by atoms with Crippen LogP contribution in [0.1, 0.15) is 26.5 Å². The van der Waals surface area contributed by atoms with E-state index in [-0.39, 0.29) is 11.4 Å². The van der Waals surface area contributed by atoms with Gasteiger partial charge in [0, 0.05) is 11.1 Å². The normalized spacial score (nSPS) is 12.8. The van der Waals surface area contributed by atoms with Crippen LogP contribution in [0, 0.1) is 5.41 Å². The summed E-state index contributed by atoms with van der Waals surface area (Å²) in [7, 11) is 0. The van der Waals surface area contributed by atoms with Crippen molar-refractivity contribution in [3.05, 3.63) is 20.7 Å². The minimum absolute atomic E-state index is 0.140. The molecular weight excluding hydrogens is 270 g/mol. The zero-order valence-electron chi connectivity index (χ0n) is 10.9. The summed E-state index contributed by atoms with van der Waals surface area (Å²) in [4.78, 5) is 35.9. The van der Waals surface area contributed by atoms with Crippen molar-refractivity contribution in [3.63, 3.8) is 0 Å². The van der Waals surface area contributed by atoms with Crippen LogP contribution < -0.4 is 15.5 Å². The summed E-state index contributed by atoms with van der Waals surface area (Å²) in [6, 6.07) is -1.58. The molecule has 0 aliphatic rings. The van der Waals surface area contributed by atoms with Crippen molar-refractivity contribution < 1.29 is 14.7 Å². The Morgan fingerprint density at radius 1 is 1.47 bits per heavy atom. The van der Waals surface area contributed by atoms with E-state index in [1.54, 1.807) is 26.2 Å². The van der Waals surface area contributed by atoms with Crippen LogP contribution in [0.4, 0.5) is 4.79 Å². The van der Waals surface area contributed by atoms with Crippen LogP contribution in [0.25, 0.3) is 0 Å². The Hall–Kier alpha value is -1.83. The largest absolute Gasteiger partial charge is 0.480 e. The zero-order chi connectivity index (χ0) is 14.6. The van der Waals surface area contributed by atoms with Gasteiger partial charge >= 0.3 is 16.9 Å². The molecule has 0 fully saturated rings. The first-order chi connectivity index (χ1) is 8.70. The fourth-order valence-corrected chi connectivity index (χ4v) is 1.99. The number of urea groups is 1. The van der Waals surface area contributed by atoms with Crippen molar-refractivity contribution in [2.45, 2.75) is 33.4 Å². The van der Waals surface area contributed by atoms with Gasteiger partial charge in [0.05, 0.1) is 6.54 Å². The summed E-state index contributed by atoms with van der Waals surface area (Å²) in [5, 5.41) is 15.5. The first kappa shape index (κ1) is 15.2. The number of aromatic amines is 1. The Morgan fingerprint density at radius 2 is 2.11 bits per heavy atom. The van der Waals surface area contributed by atoms with E-state index in [1.165, 1.54) is 0 Å². The van der Waals surface area contributed by atoms with E-state index in [0.29, 0.717) is 5.69 Å². The van der Waals surface area contributed by atoms with Crippen molar-refractivity contribution >= 4 is 23.3 Å². The summed E-state index contributed by atoms with van der Waals surface area (Å²) in [5.41, 5.74) is -0.0207. The molecule has 19 heavy (non-hydrogen) atoms. The molecule has 0 saturated carbocycles. The number of carbonyl (C=O) groups excluding carboxylic acids is 1. The molecule has 0 aliphatic heterocycles. The first-order valence-electron chi connectivity index (χ1n) is 5.64. The molecule has 106 valence electrons. The Kier molecular flexibility index (Phi) is 4.71. The lowest BCUT2D eigenvalue weighted by Gasteiger charge is -2.27. The molecule has 0 unspecified atom stereocenters. The van der Waals surface area contributed by atoms with Crippen LogP contribution in [0.5, 0.6) is 0 Å². The average Bonchev–Trinajstić information content (AvgIpc) is 2.67. The molecule has 0 radical (unpaired) electrons. The number of carboxylic acids is 1. The third-order valence-electron chi connectivity index (χ3n) is 2.40. The van der Waals surface area contributed by atoms with Gasteiger partial charge in [-0.15, -0.1) is 0 Å². The second-order valence-electron chi connectivity index (χ2n) is 5.14. The monoisotopic (exact) mass is 287 g/mol. The molecule has 1 heterocycles. The molecule has 2 amide bonds. The molecule has 0 aliphatic carbocycles. The minimum atomic E-state index is -1.09. The number of aliphatic carboxylic acids is 1. The highest BCUT2D eigenvalue weighted by Crippen LogP contribution is 2.19. The van der Waals surface area contributed by atoms with E-state index in [9.17, 15) is 14.4 Å². The van der Waals surface area contributed by atoms with E-state index in [4.69, 9.17) is 5.11 Å². The highest BCUT2D eigenvalue weighted by atomic mass is 32.1. The van der Waals surface area contributed by atoms with E-state index in [1.807, 2.05) is 0 Å². The predicted octanol–water partition coefficient (Wildman–Crippen LogP) is 0.735. The molecule has 0 aromatic carbocycles. The molecule has 4 N–H and O–H groups in total. The third kappa shape index (κ3) is 4.74. The lowest BCUT2D eigenvalue weighted by molar-refractivity contribution is -0.141. The maximum absolute atomic E-state index is 11.6. The second kappa shape index (κ2) is 5.87. The number of thiazole rings is 1. The Bertz CT molecular complexity index is 515. The van der Waals surface area contributed by atoms with Crippen LogP contribution in [0.15, 0.2) is 10.2 Å². The molecular formula is C11H17N3O4S. The van der Waals surface area contributed by atoms with Crippen LogP contribution in [-0.2, 0) is 11.3 Å². The van der Waals surface area contributed by atoms with Gasteiger partial charge in [-0.25, -0.2) is 9.59 Å². The number of carbonyl (C=O) groups is 2. The summed E-state index contributed by atoms with van der Waals surface area (Å²) in [5.74, 6) is -1.09. The number of hydrogen-bond donors (Lipinski definition) is 4.